The van der Waals surface area contributed by atoms with Gasteiger partial charge in [-0.3, -0.25) is 0 Å². The van der Waals surface area contributed by atoms with Crippen molar-refractivity contribution in [1.29, 1.82) is 0 Å². The molecule has 0 amide bonds. The maximum atomic E-state index is 12.8. The van der Waals surface area contributed by atoms with Crippen molar-refractivity contribution < 1.29 is 27.0 Å². The van der Waals surface area contributed by atoms with Crippen LogP contribution in [0.25, 0.3) is 0 Å². The first-order chi connectivity index (χ1) is 20.5. The second-order valence-corrected chi connectivity index (χ2v) is 13.6. The van der Waals surface area contributed by atoms with E-state index in [1.807, 2.05) is 0 Å². The molecule has 43 heavy (non-hydrogen) atoms. The first-order valence-electron chi connectivity index (χ1n) is 15.5. The molecule has 0 spiro atoms. The molecule has 4 nitrogen and oxygen atoms in total. The first-order valence-corrected chi connectivity index (χ1v) is 15.5. The van der Waals surface area contributed by atoms with Crippen molar-refractivity contribution in [3.63, 3.8) is 0 Å². The highest BCUT2D eigenvalue weighted by Crippen LogP contribution is 2.64. The number of hydrogen-bond acceptors (Lipinski definition) is 4. The Morgan fingerprint density at radius 3 is 1.95 bits per heavy atom. The van der Waals surface area contributed by atoms with E-state index in [1.54, 1.807) is 24.3 Å². The SMILES string of the molecule is C=C1CC[C@@]2(C)C(C1)NC1C2CC[C@]2(C)C(C(=C)NC(c3ccc(OC(F)F)cc3)c3ccc(OC(F)F)cc3)CCC12. The number of nitrogens with one attached hydrogen (secondary N) is 2. The van der Waals surface area contributed by atoms with E-state index in [1.165, 1.54) is 42.7 Å². The number of hydrogen-bond donors (Lipinski definition) is 2. The highest BCUT2D eigenvalue weighted by atomic mass is 19.3. The van der Waals surface area contributed by atoms with E-state index in [4.69, 9.17) is 0 Å². The van der Waals surface area contributed by atoms with Crippen LogP contribution >= 0.6 is 0 Å². The van der Waals surface area contributed by atoms with Crippen LogP contribution < -0.4 is 20.1 Å². The summed E-state index contributed by atoms with van der Waals surface area (Å²) in [6.45, 7) is 7.99. The van der Waals surface area contributed by atoms with E-state index in [0.29, 0.717) is 29.3 Å². The topological polar surface area (TPSA) is 42.5 Å². The summed E-state index contributed by atoms with van der Waals surface area (Å²) in [6.07, 6.45) is 7.97. The lowest BCUT2D eigenvalue weighted by Gasteiger charge is -2.50. The Morgan fingerprint density at radius 1 is 0.837 bits per heavy atom. The third-order valence-electron chi connectivity index (χ3n) is 11.4. The third-order valence-corrected chi connectivity index (χ3v) is 11.4. The summed E-state index contributed by atoms with van der Waals surface area (Å²) in [5, 5.41) is 7.80. The maximum absolute atomic E-state index is 12.8. The summed E-state index contributed by atoms with van der Waals surface area (Å²) >= 11 is 0. The Morgan fingerprint density at radius 2 is 1.40 bits per heavy atom. The average molecular weight is 599 g/mol. The van der Waals surface area contributed by atoms with Gasteiger partial charge in [0.15, 0.2) is 0 Å². The van der Waals surface area contributed by atoms with Crippen LogP contribution in [0, 0.1) is 28.6 Å². The highest BCUT2D eigenvalue weighted by Gasteiger charge is 2.62. The third kappa shape index (κ3) is 5.56. The van der Waals surface area contributed by atoms with Gasteiger partial charge in [-0.2, -0.15) is 17.6 Å². The minimum Gasteiger partial charge on any atom is -0.435 e. The molecule has 3 aliphatic carbocycles. The Kier molecular flexibility index (Phi) is 8.03. The van der Waals surface area contributed by atoms with Crippen molar-refractivity contribution in [2.24, 2.45) is 28.6 Å². The standard InChI is InChI=1S/C35H42F4N2O2/c1-20-15-17-35(4)28-16-18-34(3)26(13-14-27(34)31(28)41-29(35)19-20)21(2)40-30(22-5-9-24(10-6-22)42-32(36)37)23-7-11-25(12-8-23)43-33(38)39/h5-12,26-33,40-41H,1-2,13-19H2,3-4H3/t26?,27?,28?,29?,31?,34-,35-/m1/s1. The maximum Gasteiger partial charge on any atom is 0.387 e. The van der Waals surface area contributed by atoms with Crippen molar-refractivity contribution in [3.05, 3.63) is 84.1 Å². The van der Waals surface area contributed by atoms with Crippen molar-refractivity contribution in [2.75, 3.05) is 0 Å². The number of rotatable bonds is 9. The van der Waals surface area contributed by atoms with Gasteiger partial charge in [-0.05, 0) is 103 Å². The monoisotopic (exact) mass is 598 g/mol. The lowest BCUT2D eigenvalue weighted by molar-refractivity contribution is -0.0505. The molecule has 2 N–H and O–H groups in total. The number of fused-ring (bicyclic) bond motifs is 5. The van der Waals surface area contributed by atoms with E-state index in [2.05, 4.69) is 47.1 Å². The molecular weight excluding hydrogens is 556 g/mol. The van der Waals surface area contributed by atoms with Crippen LogP contribution in [0.2, 0.25) is 0 Å². The number of allylic oxidation sites excluding steroid dienone is 1. The van der Waals surface area contributed by atoms with Crippen molar-refractivity contribution in [3.8, 4) is 11.5 Å². The van der Waals surface area contributed by atoms with Gasteiger partial charge in [0, 0.05) is 23.7 Å². The molecule has 0 aromatic heterocycles. The zero-order valence-electron chi connectivity index (χ0n) is 24.9. The number of benzene rings is 2. The molecule has 0 bridgehead atoms. The zero-order valence-corrected chi connectivity index (χ0v) is 24.9. The number of alkyl halides is 4. The summed E-state index contributed by atoms with van der Waals surface area (Å²) in [6, 6.07) is 13.7. The Bertz CT molecular complexity index is 1280. The fraction of sp³-hybridized carbons (Fsp3) is 0.543. The van der Waals surface area contributed by atoms with Crippen LogP contribution in [-0.2, 0) is 0 Å². The van der Waals surface area contributed by atoms with Gasteiger partial charge >= 0.3 is 13.2 Å². The van der Waals surface area contributed by atoms with Crippen LogP contribution in [0.4, 0.5) is 17.6 Å². The summed E-state index contributed by atoms with van der Waals surface area (Å²) in [5.74, 6) is 1.64. The summed E-state index contributed by atoms with van der Waals surface area (Å²) in [7, 11) is 0. The molecule has 3 saturated carbocycles. The fourth-order valence-electron chi connectivity index (χ4n) is 9.18. The largest absolute Gasteiger partial charge is 0.435 e. The smallest absolute Gasteiger partial charge is 0.387 e. The molecule has 6 rings (SSSR count). The van der Waals surface area contributed by atoms with E-state index in [9.17, 15) is 17.6 Å². The van der Waals surface area contributed by atoms with Gasteiger partial charge in [0.25, 0.3) is 0 Å². The van der Waals surface area contributed by atoms with Gasteiger partial charge in [0.2, 0.25) is 0 Å². The molecule has 1 aliphatic heterocycles. The zero-order chi connectivity index (χ0) is 30.5. The first kappa shape index (κ1) is 30.0. The molecular formula is C35H42F4N2O2. The highest BCUT2D eigenvalue weighted by molar-refractivity contribution is 5.39. The summed E-state index contributed by atoms with van der Waals surface area (Å²) < 4.78 is 60.2. The molecule has 7 atom stereocenters. The minimum atomic E-state index is -2.91. The lowest BCUT2D eigenvalue weighted by Crippen LogP contribution is -2.49. The van der Waals surface area contributed by atoms with Crippen LogP contribution in [0.1, 0.15) is 76.0 Å². The predicted molar refractivity (Wildman–Crippen MR) is 159 cm³/mol. The summed E-state index contributed by atoms with van der Waals surface area (Å²) in [5.41, 5.74) is 4.38. The molecule has 8 heteroatoms. The lowest BCUT2D eigenvalue weighted by atomic mass is 9.55. The molecule has 1 saturated heterocycles. The quantitative estimate of drug-likeness (QED) is 0.224. The van der Waals surface area contributed by atoms with Crippen molar-refractivity contribution in [2.45, 2.75) is 90.1 Å². The molecule has 2 aromatic carbocycles. The Labute approximate surface area is 251 Å². The van der Waals surface area contributed by atoms with Crippen molar-refractivity contribution >= 4 is 0 Å². The van der Waals surface area contributed by atoms with E-state index in [0.717, 1.165) is 48.9 Å². The molecule has 4 aliphatic rings. The number of ether oxygens (including phenoxy) is 2. The second kappa shape index (κ2) is 11.5. The van der Waals surface area contributed by atoms with Gasteiger partial charge < -0.3 is 20.1 Å². The van der Waals surface area contributed by atoms with Gasteiger partial charge in [0.1, 0.15) is 11.5 Å². The van der Waals surface area contributed by atoms with Gasteiger partial charge in [-0.1, -0.05) is 56.8 Å². The van der Waals surface area contributed by atoms with Gasteiger partial charge in [0.05, 0.1) is 6.04 Å². The molecule has 4 fully saturated rings. The second-order valence-electron chi connectivity index (χ2n) is 13.6. The van der Waals surface area contributed by atoms with Crippen LogP contribution in [0.5, 0.6) is 11.5 Å². The van der Waals surface area contributed by atoms with Crippen LogP contribution in [-0.4, -0.2) is 25.3 Å². The van der Waals surface area contributed by atoms with E-state index >= 15 is 0 Å². The van der Waals surface area contributed by atoms with E-state index < -0.39 is 13.2 Å². The van der Waals surface area contributed by atoms with E-state index in [-0.39, 0.29) is 28.9 Å². The van der Waals surface area contributed by atoms with Gasteiger partial charge in [-0.25, -0.2) is 0 Å². The van der Waals surface area contributed by atoms with Crippen molar-refractivity contribution in [1.82, 2.24) is 10.6 Å². The minimum absolute atomic E-state index is 0.0711. The summed E-state index contributed by atoms with van der Waals surface area (Å²) in [4.78, 5) is 0. The van der Waals surface area contributed by atoms with Crippen LogP contribution in [0.15, 0.2) is 73.0 Å². The Hall–Kier alpha value is -3.00. The predicted octanol–water partition coefficient (Wildman–Crippen LogP) is 8.61. The normalized spacial score (nSPS) is 33.3. The molecule has 0 radical (unpaired) electrons. The molecule has 5 unspecified atom stereocenters. The Balaban J connectivity index is 1.23. The molecule has 2 aromatic rings. The average Bonchev–Trinajstić information content (AvgIpc) is 3.46. The number of halogens is 4. The van der Waals surface area contributed by atoms with Crippen LogP contribution in [0.3, 0.4) is 0 Å². The fourth-order valence-corrected chi connectivity index (χ4v) is 9.18. The molecule has 232 valence electrons. The van der Waals surface area contributed by atoms with Gasteiger partial charge in [-0.15, -0.1) is 0 Å². The molecule has 1 heterocycles.